The van der Waals surface area contributed by atoms with Gasteiger partial charge in [0.25, 0.3) is 0 Å². The van der Waals surface area contributed by atoms with Crippen LogP contribution < -0.4 is 0 Å². The molecule has 78 valence electrons. The molecule has 0 aromatic carbocycles. The monoisotopic (exact) mass is 204 g/mol. The zero-order valence-electron chi connectivity index (χ0n) is 8.50. The summed E-state index contributed by atoms with van der Waals surface area (Å²) in [6.45, 7) is 3.65. The number of aromatic nitrogens is 4. The molecule has 2 aromatic heterocycles. The Labute approximate surface area is 87.4 Å². The van der Waals surface area contributed by atoms with Gasteiger partial charge in [0, 0.05) is 18.9 Å². The van der Waals surface area contributed by atoms with Gasteiger partial charge in [-0.1, -0.05) is 0 Å². The lowest BCUT2D eigenvalue weighted by Gasteiger charge is -2.04. The summed E-state index contributed by atoms with van der Waals surface area (Å²) in [5, 5.41) is 0. The molecule has 0 saturated carbocycles. The molecule has 15 heavy (non-hydrogen) atoms. The van der Waals surface area contributed by atoms with E-state index in [-0.39, 0.29) is 0 Å². The lowest BCUT2D eigenvalue weighted by atomic mass is 10.4. The number of aryl methyl sites for hydroxylation is 1. The summed E-state index contributed by atoms with van der Waals surface area (Å²) in [5.41, 5.74) is 1.56. The third kappa shape index (κ3) is 1.96. The third-order valence-electron chi connectivity index (χ3n) is 2.26. The van der Waals surface area contributed by atoms with Crippen LogP contribution in [0.1, 0.15) is 23.1 Å². The van der Waals surface area contributed by atoms with E-state index in [1.807, 2.05) is 10.8 Å². The topological polar surface area (TPSA) is 52.7 Å². The minimum atomic E-state index is 0.456. The summed E-state index contributed by atoms with van der Waals surface area (Å²) in [7, 11) is 0. The van der Waals surface area contributed by atoms with Crippen molar-refractivity contribution >= 4 is 6.29 Å². The van der Waals surface area contributed by atoms with Crippen molar-refractivity contribution in [1.29, 1.82) is 0 Å². The Morgan fingerprint density at radius 2 is 2.33 bits per heavy atom. The van der Waals surface area contributed by atoms with Crippen LogP contribution in [0, 0.1) is 0 Å². The van der Waals surface area contributed by atoms with Crippen molar-refractivity contribution < 1.29 is 4.79 Å². The summed E-state index contributed by atoms with van der Waals surface area (Å²) < 4.78 is 3.92. The van der Waals surface area contributed by atoms with E-state index in [2.05, 4.69) is 21.5 Å². The largest absolute Gasteiger partial charge is 0.333 e. The first-order chi connectivity index (χ1) is 7.33. The average Bonchev–Trinajstić information content (AvgIpc) is 2.87. The van der Waals surface area contributed by atoms with Crippen LogP contribution >= 0.6 is 0 Å². The second-order valence-corrected chi connectivity index (χ2v) is 3.26. The van der Waals surface area contributed by atoms with E-state index in [1.54, 1.807) is 18.9 Å². The predicted octanol–water partition coefficient (Wildman–Crippen LogP) is 0.960. The van der Waals surface area contributed by atoms with Gasteiger partial charge in [-0.15, -0.1) is 0 Å². The first kappa shape index (κ1) is 9.64. The molecule has 0 radical (unpaired) electrons. The lowest BCUT2D eigenvalue weighted by Crippen LogP contribution is -2.04. The number of aldehydes is 1. The van der Waals surface area contributed by atoms with Gasteiger partial charge in [0.05, 0.1) is 24.9 Å². The van der Waals surface area contributed by atoms with Gasteiger partial charge in [-0.25, -0.2) is 9.97 Å². The average molecular weight is 204 g/mol. The summed E-state index contributed by atoms with van der Waals surface area (Å²) in [6.07, 6.45) is 7.74. The first-order valence-electron chi connectivity index (χ1n) is 4.79. The molecule has 0 unspecified atom stereocenters. The fourth-order valence-corrected chi connectivity index (χ4v) is 1.48. The summed E-state index contributed by atoms with van der Waals surface area (Å²) in [4.78, 5) is 18.5. The van der Waals surface area contributed by atoms with Gasteiger partial charge in [-0.2, -0.15) is 0 Å². The Balaban J connectivity index is 2.17. The highest BCUT2D eigenvalue weighted by atomic mass is 16.1. The van der Waals surface area contributed by atoms with Crippen molar-refractivity contribution in [2.45, 2.75) is 20.0 Å². The zero-order chi connectivity index (χ0) is 10.7. The third-order valence-corrected chi connectivity index (χ3v) is 2.26. The highest BCUT2D eigenvalue weighted by Crippen LogP contribution is 2.03. The summed E-state index contributed by atoms with van der Waals surface area (Å²) in [6, 6.07) is 0. The van der Waals surface area contributed by atoms with E-state index in [9.17, 15) is 4.79 Å². The molecule has 0 atom stereocenters. The van der Waals surface area contributed by atoms with E-state index in [1.165, 1.54) is 0 Å². The molecule has 0 aliphatic rings. The number of nitrogens with zero attached hydrogens (tertiary/aromatic N) is 4. The van der Waals surface area contributed by atoms with Crippen molar-refractivity contribution in [3.63, 3.8) is 0 Å². The van der Waals surface area contributed by atoms with Crippen molar-refractivity contribution in [3.8, 4) is 0 Å². The van der Waals surface area contributed by atoms with Crippen LogP contribution in [0.25, 0.3) is 0 Å². The quantitative estimate of drug-likeness (QED) is 0.697. The van der Waals surface area contributed by atoms with Crippen molar-refractivity contribution in [2.75, 3.05) is 0 Å². The molecule has 5 heteroatoms. The SMILES string of the molecule is CCn1cncc1Cn1cnc(C=O)c1. The van der Waals surface area contributed by atoms with E-state index in [0.29, 0.717) is 12.2 Å². The molecule has 0 N–H and O–H groups in total. The smallest absolute Gasteiger partial charge is 0.169 e. The van der Waals surface area contributed by atoms with E-state index in [4.69, 9.17) is 0 Å². The van der Waals surface area contributed by atoms with Crippen LogP contribution in [0.3, 0.4) is 0 Å². The molecule has 0 aliphatic carbocycles. The summed E-state index contributed by atoms with van der Waals surface area (Å²) in [5.74, 6) is 0. The Morgan fingerprint density at radius 1 is 1.47 bits per heavy atom. The summed E-state index contributed by atoms with van der Waals surface area (Å²) >= 11 is 0. The maximum absolute atomic E-state index is 10.5. The Morgan fingerprint density at radius 3 is 3.00 bits per heavy atom. The number of carbonyl (C=O) groups is 1. The number of hydrogen-bond acceptors (Lipinski definition) is 3. The predicted molar refractivity (Wildman–Crippen MR) is 54.6 cm³/mol. The van der Waals surface area contributed by atoms with E-state index in [0.717, 1.165) is 18.5 Å². The van der Waals surface area contributed by atoms with Crippen molar-refractivity contribution in [3.05, 3.63) is 36.4 Å². The van der Waals surface area contributed by atoms with Gasteiger partial charge in [0.1, 0.15) is 5.69 Å². The minimum absolute atomic E-state index is 0.456. The molecule has 2 heterocycles. The molecule has 2 aromatic rings. The maximum Gasteiger partial charge on any atom is 0.169 e. The molecule has 0 spiro atoms. The minimum Gasteiger partial charge on any atom is -0.333 e. The Hall–Kier alpha value is -1.91. The second-order valence-electron chi connectivity index (χ2n) is 3.26. The van der Waals surface area contributed by atoms with Gasteiger partial charge in [0.15, 0.2) is 6.29 Å². The number of rotatable bonds is 4. The molecule has 0 bridgehead atoms. The van der Waals surface area contributed by atoms with Crippen molar-refractivity contribution in [2.24, 2.45) is 0 Å². The molecular formula is C10H12N4O. The molecule has 0 amide bonds. The van der Waals surface area contributed by atoms with Crippen LogP contribution in [0.2, 0.25) is 0 Å². The van der Waals surface area contributed by atoms with Crippen molar-refractivity contribution in [1.82, 2.24) is 19.1 Å². The standard InChI is InChI=1S/C10H12N4O/c1-2-14-7-11-3-10(14)5-13-4-9(6-15)12-8-13/h3-4,6-8H,2,5H2,1H3. The Kier molecular flexibility index (Phi) is 2.62. The molecule has 0 aliphatic heterocycles. The molecule has 2 rings (SSSR count). The zero-order valence-corrected chi connectivity index (χ0v) is 8.50. The van der Waals surface area contributed by atoms with E-state index < -0.39 is 0 Å². The van der Waals surface area contributed by atoms with Crippen LogP contribution in [-0.2, 0) is 13.1 Å². The normalized spacial score (nSPS) is 10.5. The number of hydrogen-bond donors (Lipinski definition) is 0. The first-order valence-corrected chi connectivity index (χ1v) is 4.79. The lowest BCUT2D eigenvalue weighted by molar-refractivity contribution is 0.111. The van der Waals surface area contributed by atoms with Gasteiger partial charge in [-0.05, 0) is 6.92 Å². The molecule has 5 nitrogen and oxygen atoms in total. The van der Waals surface area contributed by atoms with Crippen LogP contribution in [0.15, 0.2) is 25.0 Å². The number of carbonyl (C=O) groups excluding carboxylic acids is 1. The fourth-order valence-electron chi connectivity index (χ4n) is 1.48. The fraction of sp³-hybridized carbons (Fsp3) is 0.300. The second kappa shape index (κ2) is 4.08. The maximum atomic E-state index is 10.5. The molecule has 0 fully saturated rings. The number of imidazole rings is 2. The Bertz CT molecular complexity index is 457. The highest BCUT2D eigenvalue weighted by Gasteiger charge is 2.02. The van der Waals surface area contributed by atoms with Crippen LogP contribution in [0.5, 0.6) is 0 Å². The van der Waals surface area contributed by atoms with Gasteiger partial charge < -0.3 is 9.13 Å². The van der Waals surface area contributed by atoms with Crippen LogP contribution in [-0.4, -0.2) is 25.4 Å². The van der Waals surface area contributed by atoms with Gasteiger partial charge in [-0.3, -0.25) is 4.79 Å². The van der Waals surface area contributed by atoms with E-state index >= 15 is 0 Å². The molecule has 0 saturated heterocycles. The van der Waals surface area contributed by atoms with Crippen LogP contribution in [0.4, 0.5) is 0 Å². The van der Waals surface area contributed by atoms with Gasteiger partial charge >= 0.3 is 0 Å². The highest BCUT2D eigenvalue weighted by molar-refractivity contribution is 5.70. The molecular weight excluding hydrogens is 192 g/mol. The van der Waals surface area contributed by atoms with Gasteiger partial charge in [0.2, 0.25) is 0 Å².